The molecule has 154 valence electrons. The summed E-state index contributed by atoms with van der Waals surface area (Å²) in [5.41, 5.74) is 12.3. The summed E-state index contributed by atoms with van der Waals surface area (Å²) in [6, 6.07) is 9.51. The molecule has 1 heterocycles. The Morgan fingerprint density at radius 2 is 1.90 bits per heavy atom. The number of aliphatic hydroxyl groups is 1. The van der Waals surface area contributed by atoms with Gasteiger partial charge in [-0.2, -0.15) is 0 Å². The fourth-order valence-electron chi connectivity index (χ4n) is 4.75. The highest BCUT2D eigenvalue weighted by Gasteiger charge is 2.27. The minimum atomic E-state index is -3.38. The van der Waals surface area contributed by atoms with E-state index in [4.69, 9.17) is 5.73 Å². The van der Waals surface area contributed by atoms with Crippen LogP contribution in [-0.2, 0) is 16.4 Å². The zero-order valence-corrected chi connectivity index (χ0v) is 17.8. The van der Waals surface area contributed by atoms with E-state index >= 15 is 0 Å². The Kier molecular flexibility index (Phi) is 5.25. The monoisotopic (exact) mass is 412 g/mol. The first-order valence-electron chi connectivity index (χ1n) is 10.2. The highest BCUT2D eigenvalue weighted by atomic mass is 32.2. The van der Waals surface area contributed by atoms with E-state index in [1.807, 2.05) is 19.9 Å². The molecule has 0 saturated heterocycles. The molecular weight excluding hydrogens is 384 g/mol. The number of hydrogen-bond acceptors (Lipinski definition) is 5. The van der Waals surface area contributed by atoms with Gasteiger partial charge in [-0.05, 0) is 79.0 Å². The number of benzene rings is 2. The van der Waals surface area contributed by atoms with Crippen LogP contribution in [0.4, 0.5) is 0 Å². The maximum Gasteiger partial charge on any atom is 0.178 e. The Bertz CT molecular complexity index is 1090. The van der Waals surface area contributed by atoms with Gasteiger partial charge in [0.05, 0.1) is 23.3 Å². The van der Waals surface area contributed by atoms with Crippen molar-refractivity contribution in [2.24, 2.45) is 16.6 Å². The fraction of sp³-hybridized carbons (Fsp3) is 0.435. The number of nitrogens with two attached hydrogens (primary N) is 1. The standard InChI is InChI=1S/C23H28N2O3S/c1-14-10-19(29(27,28)13-16-4-3-5-18(26)11-16)7-9-20(14)21-8-6-17-12-25-23(24)22(17)15(21)2/h6-10,16,18,26H,3-5,11-13H2,1-2H3,(H2,24,25). The van der Waals surface area contributed by atoms with Crippen molar-refractivity contribution in [2.45, 2.75) is 57.1 Å². The summed E-state index contributed by atoms with van der Waals surface area (Å²) < 4.78 is 25.9. The van der Waals surface area contributed by atoms with Gasteiger partial charge in [-0.1, -0.05) is 24.6 Å². The highest BCUT2D eigenvalue weighted by molar-refractivity contribution is 7.91. The summed E-state index contributed by atoms with van der Waals surface area (Å²) in [7, 11) is -3.38. The van der Waals surface area contributed by atoms with Crippen molar-refractivity contribution in [3.05, 3.63) is 52.6 Å². The van der Waals surface area contributed by atoms with Crippen LogP contribution < -0.4 is 5.73 Å². The molecule has 0 radical (unpaired) electrons. The number of aryl methyl sites for hydroxylation is 1. The molecule has 1 aliphatic heterocycles. The SMILES string of the molecule is Cc1cc(S(=O)(=O)CC2CCCC(O)C2)ccc1-c1ccc2c(c1C)C(N)=NC2. The molecule has 6 heteroatoms. The molecule has 2 atom stereocenters. The number of sulfone groups is 1. The van der Waals surface area contributed by atoms with Gasteiger partial charge in [0.15, 0.2) is 9.84 Å². The second-order valence-electron chi connectivity index (χ2n) is 8.42. The number of rotatable bonds is 4. The molecule has 2 aromatic rings. The van der Waals surface area contributed by atoms with Crippen LogP contribution in [0.1, 0.15) is 47.9 Å². The van der Waals surface area contributed by atoms with Gasteiger partial charge >= 0.3 is 0 Å². The first-order valence-corrected chi connectivity index (χ1v) is 11.9. The molecule has 2 aromatic carbocycles. The van der Waals surface area contributed by atoms with Crippen molar-refractivity contribution >= 4 is 15.7 Å². The number of aliphatic hydroxyl groups excluding tert-OH is 1. The second kappa shape index (κ2) is 7.58. The maximum absolute atomic E-state index is 13.0. The lowest BCUT2D eigenvalue weighted by atomic mass is 9.89. The summed E-state index contributed by atoms with van der Waals surface area (Å²) >= 11 is 0. The van der Waals surface area contributed by atoms with Crippen LogP contribution >= 0.6 is 0 Å². The summed E-state index contributed by atoms with van der Waals surface area (Å²) in [6.45, 7) is 4.61. The second-order valence-corrected chi connectivity index (χ2v) is 10.5. The zero-order chi connectivity index (χ0) is 20.8. The largest absolute Gasteiger partial charge is 0.393 e. The van der Waals surface area contributed by atoms with E-state index in [2.05, 4.69) is 17.1 Å². The lowest BCUT2D eigenvalue weighted by Crippen LogP contribution is -2.25. The van der Waals surface area contributed by atoms with Crippen molar-refractivity contribution in [3.8, 4) is 11.1 Å². The molecule has 5 nitrogen and oxygen atoms in total. The minimum absolute atomic E-state index is 0.0324. The molecule has 0 bridgehead atoms. The predicted molar refractivity (Wildman–Crippen MR) is 116 cm³/mol. The van der Waals surface area contributed by atoms with Crippen LogP contribution in [0.5, 0.6) is 0 Å². The van der Waals surface area contributed by atoms with Crippen LogP contribution in [0.15, 0.2) is 40.2 Å². The smallest absolute Gasteiger partial charge is 0.178 e. The summed E-state index contributed by atoms with van der Waals surface area (Å²) in [6.07, 6.45) is 2.74. The quantitative estimate of drug-likeness (QED) is 0.804. The third kappa shape index (κ3) is 3.83. The first-order chi connectivity index (χ1) is 13.8. The number of hydrogen-bond donors (Lipinski definition) is 2. The van der Waals surface area contributed by atoms with Crippen molar-refractivity contribution in [1.29, 1.82) is 0 Å². The molecule has 1 fully saturated rings. The average molecular weight is 413 g/mol. The fourth-order valence-corrected chi connectivity index (χ4v) is 6.50. The summed E-state index contributed by atoms with van der Waals surface area (Å²) in [4.78, 5) is 4.69. The molecule has 0 aromatic heterocycles. The van der Waals surface area contributed by atoms with E-state index in [1.165, 1.54) is 0 Å². The number of nitrogens with zero attached hydrogens (tertiary/aromatic N) is 1. The Morgan fingerprint density at radius 3 is 2.62 bits per heavy atom. The molecule has 1 aliphatic carbocycles. The molecule has 4 rings (SSSR count). The van der Waals surface area contributed by atoms with Gasteiger partial charge in [-0.25, -0.2) is 8.42 Å². The van der Waals surface area contributed by atoms with Gasteiger partial charge in [0.2, 0.25) is 0 Å². The van der Waals surface area contributed by atoms with Gasteiger partial charge in [0.25, 0.3) is 0 Å². The Hall–Kier alpha value is -2.18. The van der Waals surface area contributed by atoms with Gasteiger partial charge in [0.1, 0.15) is 5.84 Å². The third-order valence-corrected chi connectivity index (χ3v) is 8.17. The Balaban J connectivity index is 1.64. The van der Waals surface area contributed by atoms with E-state index in [0.29, 0.717) is 23.7 Å². The summed E-state index contributed by atoms with van der Waals surface area (Å²) in [5.74, 6) is 0.712. The molecule has 2 aliphatic rings. The number of aliphatic imine (C=N–C) groups is 1. The molecule has 2 unspecified atom stereocenters. The van der Waals surface area contributed by atoms with Crippen LogP contribution in [0, 0.1) is 19.8 Å². The number of amidine groups is 1. The Labute approximate surface area is 172 Å². The minimum Gasteiger partial charge on any atom is -0.393 e. The molecule has 29 heavy (non-hydrogen) atoms. The van der Waals surface area contributed by atoms with E-state index in [0.717, 1.165) is 52.6 Å². The summed E-state index contributed by atoms with van der Waals surface area (Å²) in [5, 5.41) is 9.85. The molecule has 1 saturated carbocycles. The van der Waals surface area contributed by atoms with Gasteiger partial charge in [-0.15, -0.1) is 0 Å². The van der Waals surface area contributed by atoms with Crippen molar-refractivity contribution in [1.82, 2.24) is 0 Å². The average Bonchev–Trinajstić information content (AvgIpc) is 3.04. The van der Waals surface area contributed by atoms with Crippen LogP contribution in [-0.4, -0.2) is 31.2 Å². The first kappa shape index (κ1) is 20.1. The van der Waals surface area contributed by atoms with E-state index in [9.17, 15) is 13.5 Å². The van der Waals surface area contributed by atoms with E-state index in [-0.39, 0.29) is 17.8 Å². The molecule has 3 N–H and O–H groups in total. The molecular formula is C23H28N2O3S. The molecule has 0 amide bonds. The predicted octanol–water partition coefficient (Wildman–Crippen LogP) is 3.51. The number of fused-ring (bicyclic) bond motifs is 1. The normalized spacial score (nSPS) is 21.7. The van der Waals surface area contributed by atoms with Crippen molar-refractivity contribution in [3.63, 3.8) is 0 Å². The highest BCUT2D eigenvalue weighted by Crippen LogP contribution is 2.34. The van der Waals surface area contributed by atoms with Crippen molar-refractivity contribution in [2.75, 3.05) is 5.75 Å². The Morgan fingerprint density at radius 1 is 1.14 bits per heavy atom. The van der Waals surface area contributed by atoms with Crippen LogP contribution in [0.25, 0.3) is 11.1 Å². The topological polar surface area (TPSA) is 92.8 Å². The zero-order valence-electron chi connectivity index (χ0n) is 17.0. The van der Waals surface area contributed by atoms with Crippen LogP contribution in [0.2, 0.25) is 0 Å². The van der Waals surface area contributed by atoms with Gasteiger partial charge in [0, 0.05) is 5.56 Å². The van der Waals surface area contributed by atoms with E-state index < -0.39 is 9.84 Å². The molecule has 0 spiro atoms. The van der Waals surface area contributed by atoms with Crippen molar-refractivity contribution < 1.29 is 13.5 Å². The third-order valence-electron chi connectivity index (χ3n) is 6.28. The van der Waals surface area contributed by atoms with Gasteiger partial charge in [-0.3, -0.25) is 4.99 Å². The van der Waals surface area contributed by atoms with Crippen LogP contribution in [0.3, 0.4) is 0 Å². The van der Waals surface area contributed by atoms with Gasteiger partial charge < -0.3 is 10.8 Å². The maximum atomic E-state index is 13.0. The lowest BCUT2D eigenvalue weighted by Gasteiger charge is -2.25. The van der Waals surface area contributed by atoms with E-state index in [1.54, 1.807) is 12.1 Å². The lowest BCUT2D eigenvalue weighted by molar-refractivity contribution is 0.107.